The van der Waals surface area contributed by atoms with Gasteiger partial charge < -0.3 is 78.7 Å². The van der Waals surface area contributed by atoms with E-state index in [1.807, 2.05) is 268 Å². The minimum Gasteiger partial charge on any atom is -0.508 e. The number of nitrogen functional groups attached to an aromatic ring is 2. The van der Waals surface area contributed by atoms with Gasteiger partial charge in [0.05, 0.1) is 68.5 Å². The van der Waals surface area contributed by atoms with Crippen LogP contribution in [0.15, 0.2) is 246 Å². The van der Waals surface area contributed by atoms with Crippen LogP contribution >= 0.6 is 43.5 Å². The number of aliphatic hydroxyl groups excluding tert-OH is 1. The number of phenolic OH excluding ortho intramolecular Hbond substituents is 1. The van der Waals surface area contributed by atoms with E-state index in [1.54, 1.807) is 79.5 Å². The van der Waals surface area contributed by atoms with E-state index in [2.05, 4.69) is 128 Å². The summed E-state index contributed by atoms with van der Waals surface area (Å²) in [6.45, 7) is 40.4. The summed E-state index contributed by atoms with van der Waals surface area (Å²) in [5, 5.41) is 62.1. The Bertz CT molecular complexity index is 6620. The fraction of sp³-hybridized carbons (Fsp3) is 0.311. The van der Waals surface area contributed by atoms with Crippen molar-refractivity contribution < 1.29 is 86.6 Å². The van der Waals surface area contributed by atoms with E-state index in [0.29, 0.717) is 59.9 Å². The maximum atomic E-state index is 9.38. The number of nitrogens with zero attached hydrogens (tertiary/aromatic N) is 15. The Hall–Kier alpha value is -12.7. The second-order valence-corrected chi connectivity index (χ2v) is 38.4. The third-order valence-electron chi connectivity index (χ3n) is 24.0. The molecule has 0 unspecified atom stereocenters. The Morgan fingerprint density at radius 1 is 0.458 bits per heavy atom. The summed E-state index contributed by atoms with van der Waals surface area (Å²) in [6.07, 6.45) is 19.0. The van der Waals surface area contributed by atoms with Crippen molar-refractivity contribution in [2.24, 2.45) is 12.4 Å². The van der Waals surface area contributed by atoms with Crippen molar-refractivity contribution in [3.63, 3.8) is 0 Å². The van der Waals surface area contributed by atoms with Gasteiger partial charge in [0.1, 0.15) is 84.1 Å². The van der Waals surface area contributed by atoms with Gasteiger partial charge in [-0.2, -0.15) is 15.8 Å². The number of hydrogen-bond acceptors (Lipinski definition) is 30. The van der Waals surface area contributed by atoms with Crippen LogP contribution in [0.3, 0.4) is 0 Å². The summed E-state index contributed by atoms with van der Waals surface area (Å²) in [7, 11) is 0.495. The summed E-state index contributed by atoms with van der Waals surface area (Å²) in [4.78, 5) is 40.7. The third kappa shape index (κ3) is 32.9. The number of aryl methyl sites for hydroxylation is 8. The number of anilines is 2. The molecule has 6 N–H and O–H groups in total. The summed E-state index contributed by atoms with van der Waals surface area (Å²) in [5.74, 6) is 3.72. The number of fused-ring (bicyclic) bond motifs is 1. The van der Waals surface area contributed by atoms with Gasteiger partial charge in [0, 0.05) is 111 Å². The predicted molar refractivity (Wildman–Crippen MR) is 564 cm³/mol. The van der Waals surface area contributed by atoms with Gasteiger partial charge in [-0.15, -0.1) is 10.4 Å². The number of rotatable bonds is 19. The maximum Gasteiger partial charge on any atom is 1.00 e. The molecule has 0 spiro atoms. The molecule has 0 amide bonds. The first kappa shape index (κ1) is 117. The van der Waals surface area contributed by atoms with Crippen molar-refractivity contribution >= 4 is 92.5 Å². The summed E-state index contributed by atoms with van der Waals surface area (Å²) < 4.78 is 63.2. The smallest absolute Gasteiger partial charge is 0.508 e. The molecule has 144 heavy (non-hydrogen) atoms. The second kappa shape index (κ2) is 54.3. The molecule has 17 rings (SSSR count). The SMILES string of the molecule is CC1(C)OB(B2OC(C)(C)C(C)(C)O2)OC1(C)C.CCc1cc(-c2ccc(OCc3cccnc3)c(C)c2)nc(C#N)c1N.CCc1cc(Cl)nc(C#N)c1N.Cc1cc(-c2cc3c(nnn3C)c(C#N)n2)ccc1OCc1cccnc1.Cc1cc(B2OC(C)(C)C(C)(C)O2)ccc1OCc1cccnc1.Cc1cc(Br)ccc1O.Cc1cc(Br)ccc1OCc1cccnc1.O=N[O-].OCc1cccnc1.[Na+]. The largest absolute Gasteiger partial charge is 1.00 e. The summed E-state index contributed by atoms with van der Waals surface area (Å²) in [5.41, 5.74) is 28.6. The molecule has 5 aromatic carbocycles. The number of aromatic hydroxyl groups is 1. The molecule has 12 heterocycles. The van der Waals surface area contributed by atoms with E-state index in [1.165, 1.54) is 0 Å². The number of nitrogens with two attached hydrogens (primary N) is 2. The first-order valence-corrected chi connectivity index (χ1v) is 47.7. The van der Waals surface area contributed by atoms with Crippen LogP contribution in [0, 0.1) is 78.7 Å². The van der Waals surface area contributed by atoms with Crippen LogP contribution in [-0.2, 0) is 80.8 Å². The number of benzene rings is 5. The molecule has 0 radical (unpaired) electrons. The van der Waals surface area contributed by atoms with Gasteiger partial charge in [0.2, 0.25) is 0 Å². The molecule has 0 bridgehead atoms. The predicted octanol–water partition coefficient (Wildman–Crippen LogP) is 18.5. The van der Waals surface area contributed by atoms with E-state index < -0.39 is 14.0 Å². The van der Waals surface area contributed by atoms with E-state index in [9.17, 15) is 10.5 Å². The third-order valence-corrected chi connectivity index (χ3v) is 25.2. The number of phenols is 1. The molecule has 3 aliphatic heterocycles. The quantitative estimate of drug-likeness (QED) is 0.0253. The van der Waals surface area contributed by atoms with Crippen molar-refractivity contribution in [1.82, 2.24) is 54.9 Å². The minimum atomic E-state index is -0.476. The Kier molecular flexibility index (Phi) is 44.0. The van der Waals surface area contributed by atoms with Crippen LogP contribution in [0.5, 0.6) is 28.7 Å². The molecule has 3 fully saturated rings. The topological polar surface area (TPSA) is 442 Å². The van der Waals surface area contributed by atoms with E-state index in [-0.39, 0.29) is 94.0 Å². The Morgan fingerprint density at radius 3 is 1.13 bits per heavy atom. The van der Waals surface area contributed by atoms with Crippen LogP contribution in [0.1, 0.15) is 181 Å². The fourth-order valence-electron chi connectivity index (χ4n) is 13.7. The van der Waals surface area contributed by atoms with E-state index in [0.717, 1.165) is 145 Å². The minimum absolute atomic E-state index is 0. The van der Waals surface area contributed by atoms with Crippen LogP contribution < -0.4 is 65.4 Å². The first-order chi connectivity index (χ1) is 67.9. The van der Waals surface area contributed by atoms with E-state index in [4.69, 9.17) is 95.5 Å². The standard InChI is InChI=1S/C21H20N4O.C20H16N6O.C19H24BNO3.C13H12BrNO.C12H24B2O4.C8H8ClN3.C7H7BrO.C6H7NO.HNO2.Na/c1-3-16-10-18(25-19(11-22)21(16)23)17-6-7-20(14(2)9-17)26-13-15-5-4-8-24-12-15;1-13-8-15(5-6-19(13)27-12-14-4-3-7-22-11-14)16-9-18-20(17(10-21)23-16)24-25-26(18)2;1-14-11-16(20-23-18(2,3)19(4,5)24-20)8-9-17(14)22-13-15-7-6-10-21-12-15;1-10-7-12(14)4-5-13(10)16-9-11-3-2-6-15-8-11;1-9(2)10(3,4)16-13(15-9)14-17-11(5,6)12(7,8)18-14;1-2-5-3-7(9)12-6(4-10)8(5)11;1-5-4-6(8)2-3-7(5)9;8-5-6-2-1-3-7-4-6;2-1-3;/h4-10,12H,3,13,23H2,1-2H3;3-9,11H,12H2,1-2H3;6-12H,13H2,1-5H3;2-8H,9H2,1H3;1-8H3;3H,2,11H2,1H3;2-4,9H,1H3;1-4,8H,5H2;(H,2,3);/q;;;;;;;;;+1/p-1. The molecule has 0 saturated carbocycles. The van der Waals surface area contributed by atoms with Crippen LogP contribution in [0.4, 0.5) is 11.4 Å². The van der Waals surface area contributed by atoms with E-state index >= 15 is 0 Å². The molecule has 3 saturated heterocycles. The zero-order valence-electron chi connectivity index (χ0n) is 84.9. The van der Waals surface area contributed by atoms with Crippen LogP contribution in [0.2, 0.25) is 5.15 Å². The first-order valence-electron chi connectivity index (χ1n) is 45.7. The van der Waals surface area contributed by atoms with Gasteiger partial charge in [-0.3, -0.25) is 24.9 Å². The average Bonchev–Trinajstić information content (AvgIpc) is 1.59. The zero-order valence-corrected chi connectivity index (χ0v) is 90.8. The van der Waals surface area contributed by atoms with Gasteiger partial charge in [-0.05, 0) is 308 Å². The Balaban J connectivity index is 0.000000205. The summed E-state index contributed by atoms with van der Waals surface area (Å²) >= 11 is 12.4. The zero-order chi connectivity index (χ0) is 105. The molecule has 31 nitrogen and oxygen atoms in total. The summed E-state index contributed by atoms with van der Waals surface area (Å²) in [6, 6.07) is 59.9. The van der Waals surface area contributed by atoms with Gasteiger partial charge in [0.15, 0.2) is 17.1 Å². The molecule has 3 aliphatic rings. The Morgan fingerprint density at radius 2 is 0.792 bits per heavy atom. The van der Waals surface area contributed by atoms with Crippen molar-refractivity contribution in [2.75, 3.05) is 11.5 Å². The number of nitriles is 3. The van der Waals surface area contributed by atoms with Crippen molar-refractivity contribution in [1.29, 1.82) is 15.8 Å². The van der Waals surface area contributed by atoms with Crippen molar-refractivity contribution in [3.8, 4) is 69.5 Å². The van der Waals surface area contributed by atoms with Crippen molar-refractivity contribution in [2.45, 2.75) is 211 Å². The molecule has 0 atom stereocenters. The maximum absolute atomic E-state index is 9.38. The molecule has 742 valence electrons. The number of ether oxygens (including phenoxy) is 4. The fourth-order valence-corrected chi connectivity index (χ4v) is 14.9. The molecular weight excluding hydrogens is 1990 g/mol. The molecule has 0 aliphatic carbocycles. The van der Waals surface area contributed by atoms with Gasteiger partial charge >= 0.3 is 50.7 Å². The number of halogens is 3. The molecule has 38 heteroatoms. The number of aliphatic hydroxyl groups is 1. The number of pyridine rings is 8. The average molecular weight is 2100 g/mol. The Labute approximate surface area is 887 Å². The second-order valence-electron chi connectivity index (χ2n) is 36.1. The normalized spacial score (nSPS) is 14.1. The van der Waals surface area contributed by atoms with Gasteiger partial charge in [-0.25, -0.2) is 19.6 Å². The molecular formula is C106H118B3Br2ClN17NaO14. The molecule has 14 aromatic rings. The molecule has 9 aromatic heterocycles. The van der Waals surface area contributed by atoms with Crippen LogP contribution in [-0.4, -0.2) is 120 Å². The number of aromatic nitrogens is 11. The van der Waals surface area contributed by atoms with Crippen molar-refractivity contribution in [3.05, 3.63) is 340 Å². The van der Waals surface area contributed by atoms with Gasteiger partial charge in [-0.1, -0.05) is 105 Å². The van der Waals surface area contributed by atoms with Gasteiger partial charge in [0.25, 0.3) is 0 Å². The van der Waals surface area contributed by atoms with Crippen LogP contribution in [0.25, 0.3) is 33.5 Å². The number of hydrogen-bond donors (Lipinski definition) is 4. The monoisotopic (exact) mass is 2100 g/mol.